The molecule has 0 aliphatic heterocycles. The second-order valence-electron chi connectivity index (χ2n) is 5.86. The lowest BCUT2D eigenvalue weighted by Gasteiger charge is -2.24. The Morgan fingerprint density at radius 3 is 2.15 bits per heavy atom. The second-order valence-corrected chi connectivity index (χ2v) is 9.97. The van der Waals surface area contributed by atoms with Crippen molar-refractivity contribution in [3.8, 4) is 0 Å². The molecule has 0 saturated heterocycles. The van der Waals surface area contributed by atoms with Gasteiger partial charge in [-0.15, -0.1) is 22.7 Å². The number of carbonyl (C=O) groups is 1. The van der Waals surface area contributed by atoms with Crippen LogP contribution < -0.4 is 0 Å². The molecule has 0 bridgehead atoms. The Morgan fingerprint density at radius 1 is 1.04 bits per heavy atom. The predicted octanol–water partition coefficient (Wildman–Crippen LogP) is 3.05. The van der Waals surface area contributed by atoms with Gasteiger partial charge in [-0.2, -0.15) is 4.31 Å². The van der Waals surface area contributed by atoms with Gasteiger partial charge in [-0.25, -0.2) is 8.42 Å². The summed E-state index contributed by atoms with van der Waals surface area (Å²) in [6.07, 6.45) is 2.79. The summed E-state index contributed by atoms with van der Waals surface area (Å²) < 4.78 is 26.4. The second kappa shape index (κ2) is 8.75. The minimum Gasteiger partial charge on any atom is -0.331 e. The summed E-state index contributed by atoms with van der Waals surface area (Å²) in [5.74, 6) is -0.244. The number of hydrogen-bond donors (Lipinski definition) is 0. The molecule has 0 aromatic carbocycles. The first kappa shape index (κ1) is 19.7. The lowest BCUT2D eigenvalue weighted by molar-refractivity contribution is -0.132. The smallest absolute Gasteiger partial charge is 0.244 e. The van der Waals surface area contributed by atoms with Gasteiger partial charge < -0.3 is 4.90 Å². The average Bonchev–Trinajstić information content (AvgIpc) is 3.36. The number of aromatic nitrogens is 1. The van der Waals surface area contributed by atoms with Crippen molar-refractivity contribution in [2.75, 3.05) is 13.6 Å². The van der Waals surface area contributed by atoms with Gasteiger partial charge in [-0.05, 0) is 35.0 Å². The van der Waals surface area contributed by atoms with E-state index < -0.39 is 10.0 Å². The van der Waals surface area contributed by atoms with Crippen LogP contribution in [-0.2, 0) is 27.9 Å². The molecule has 0 unspecified atom stereocenters. The van der Waals surface area contributed by atoms with E-state index >= 15 is 0 Å². The highest BCUT2D eigenvalue weighted by Gasteiger charge is 2.26. The van der Waals surface area contributed by atoms with E-state index in [1.54, 1.807) is 33.6 Å². The fourth-order valence-electron chi connectivity index (χ4n) is 2.47. The fraction of sp³-hybridized carbons (Fsp3) is 0.222. The molecule has 0 radical (unpaired) electrons. The summed E-state index contributed by atoms with van der Waals surface area (Å²) in [6, 6.07) is 10.8. The molecule has 3 rings (SSSR count). The van der Waals surface area contributed by atoms with E-state index in [2.05, 4.69) is 4.98 Å². The van der Waals surface area contributed by atoms with Crippen molar-refractivity contribution in [1.82, 2.24) is 14.2 Å². The van der Waals surface area contributed by atoms with Gasteiger partial charge in [0, 0.05) is 29.2 Å². The molecule has 3 aromatic heterocycles. The zero-order valence-corrected chi connectivity index (χ0v) is 17.1. The van der Waals surface area contributed by atoms with Crippen LogP contribution in [0.5, 0.6) is 0 Å². The highest BCUT2D eigenvalue weighted by molar-refractivity contribution is 7.89. The molecule has 3 aromatic rings. The van der Waals surface area contributed by atoms with Crippen LogP contribution in [0.1, 0.15) is 9.75 Å². The van der Waals surface area contributed by atoms with Gasteiger partial charge in [0.05, 0.1) is 19.6 Å². The number of hydrogen-bond acceptors (Lipinski definition) is 6. The minimum absolute atomic E-state index is 0.0726. The largest absolute Gasteiger partial charge is 0.331 e. The van der Waals surface area contributed by atoms with Crippen LogP contribution in [0.25, 0.3) is 0 Å². The Morgan fingerprint density at radius 2 is 1.67 bits per heavy atom. The van der Waals surface area contributed by atoms with E-state index in [4.69, 9.17) is 0 Å². The molecule has 3 heterocycles. The maximum Gasteiger partial charge on any atom is 0.244 e. The van der Waals surface area contributed by atoms with Crippen molar-refractivity contribution in [2.45, 2.75) is 18.0 Å². The summed E-state index contributed by atoms with van der Waals surface area (Å²) in [5, 5.41) is 3.92. The number of pyridine rings is 1. The standard InChI is InChI=1S/C18H19N3O3S3/c1-20(27(23,24)17-7-2-8-19-11-17)14-18(22)21(12-15-5-3-9-25-15)13-16-6-4-10-26-16/h2-11H,12-14H2,1H3. The zero-order valence-electron chi connectivity index (χ0n) is 14.7. The number of nitrogens with zero attached hydrogens (tertiary/aromatic N) is 3. The third-order valence-corrected chi connectivity index (χ3v) is 7.42. The van der Waals surface area contributed by atoms with E-state index in [1.165, 1.54) is 25.5 Å². The third-order valence-electron chi connectivity index (χ3n) is 3.91. The molecular formula is C18H19N3O3S3. The summed E-state index contributed by atoms with van der Waals surface area (Å²) in [6.45, 7) is 0.679. The van der Waals surface area contributed by atoms with E-state index in [1.807, 2.05) is 35.0 Å². The molecule has 142 valence electrons. The van der Waals surface area contributed by atoms with Crippen LogP contribution in [0.2, 0.25) is 0 Å². The van der Waals surface area contributed by atoms with Gasteiger partial charge >= 0.3 is 0 Å². The first-order chi connectivity index (χ1) is 13.0. The minimum atomic E-state index is -3.76. The number of thiophene rings is 2. The van der Waals surface area contributed by atoms with Crippen molar-refractivity contribution in [3.05, 3.63) is 69.3 Å². The SMILES string of the molecule is CN(CC(=O)N(Cc1cccs1)Cc1cccs1)S(=O)(=O)c1cccnc1. The Hall–Kier alpha value is -2.07. The molecule has 9 heteroatoms. The third kappa shape index (κ3) is 5.01. The van der Waals surface area contributed by atoms with Crippen LogP contribution in [0.3, 0.4) is 0 Å². The molecule has 0 saturated carbocycles. The molecule has 0 aliphatic carbocycles. The monoisotopic (exact) mass is 421 g/mol. The topological polar surface area (TPSA) is 70.6 Å². The molecule has 0 spiro atoms. The maximum atomic E-state index is 12.9. The summed E-state index contributed by atoms with van der Waals surface area (Å²) >= 11 is 3.14. The van der Waals surface area contributed by atoms with E-state index in [-0.39, 0.29) is 17.3 Å². The first-order valence-corrected chi connectivity index (χ1v) is 11.4. The van der Waals surface area contributed by atoms with Crippen LogP contribution in [0, 0.1) is 0 Å². The molecule has 1 amide bonds. The maximum absolute atomic E-state index is 12.9. The Balaban J connectivity index is 1.75. The van der Waals surface area contributed by atoms with Gasteiger partial charge in [0.25, 0.3) is 0 Å². The molecule has 27 heavy (non-hydrogen) atoms. The predicted molar refractivity (Wildman–Crippen MR) is 107 cm³/mol. The normalized spacial score (nSPS) is 11.6. The summed E-state index contributed by atoms with van der Waals surface area (Å²) in [7, 11) is -2.35. The number of carbonyl (C=O) groups excluding carboxylic acids is 1. The van der Waals surface area contributed by atoms with Crippen molar-refractivity contribution < 1.29 is 13.2 Å². The fourth-order valence-corrected chi connectivity index (χ4v) is 4.99. The van der Waals surface area contributed by atoms with E-state index in [0.717, 1.165) is 14.1 Å². The average molecular weight is 422 g/mol. The molecule has 0 atom stereocenters. The van der Waals surface area contributed by atoms with Crippen molar-refractivity contribution in [3.63, 3.8) is 0 Å². The highest BCUT2D eigenvalue weighted by atomic mass is 32.2. The molecule has 0 aliphatic rings. The van der Waals surface area contributed by atoms with E-state index in [0.29, 0.717) is 13.1 Å². The first-order valence-electron chi connectivity index (χ1n) is 8.16. The Bertz CT molecular complexity index is 920. The van der Waals surface area contributed by atoms with Gasteiger partial charge in [0.15, 0.2) is 0 Å². The molecule has 0 fully saturated rings. The molecular weight excluding hydrogens is 402 g/mol. The van der Waals surface area contributed by atoms with Crippen LogP contribution >= 0.6 is 22.7 Å². The van der Waals surface area contributed by atoms with Crippen LogP contribution in [-0.4, -0.2) is 42.1 Å². The van der Waals surface area contributed by atoms with E-state index in [9.17, 15) is 13.2 Å². The molecule has 6 nitrogen and oxygen atoms in total. The number of sulfonamides is 1. The van der Waals surface area contributed by atoms with Crippen molar-refractivity contribution >= 4 is 38.6 Å². The quantitative estimate of drug-likeness (QED) is 0.560. The lowest BCUT2D eigenvalue weighted by atomic mass is 10.3. The van der Waals surface area contributed by atoms with Crippen molar-refractivity contribution in [2.24, 2.45) is 0 Å². The zero-order chi connectivity index (χ0) is 19.3. The number of amides is 1. The lowest BCUT2D eigenvalue weighted by Crippen LogP contribution is -2.40. The Kier molecular flexibility index (Phi) is 6.38. The molecule has 0 N–H and O–H groups in total. The highest BCUT2D eigenvalue weighted by Crippen LogP contribution is 2.18. The van der Waals surface area contributed by atoms with Crippen LogP contribution in [0.4, 0.5) is 0 Å². The van der Waals surface area contributed by atoms with Gasteiger partial charge in [-0.1, -0.05) is 12.1 Å². The number of likely N-dealkylation sites (N-methyl/N-ethyl adjacent to an activating group) is 1. The van der Waals surface area contributed by atoms with Gasteiger partial charge in [-0.3, -0.25) is 9.78 Å². The van der Waals surface area contributed by atoms with Gasteiger partial charge in [0.2, 0.25) is 15.9 Å². The number of rotatable bonds is 8. The summed E-state index contributed by atoms with van der Waals surface area (Å²) in [4.78, 5) is 20.6. The van der Waals surface area contributed by atoms with Crippen LogP contribution in [0.15, 0.2) is 64.4 Å². The van der Waals surface area contributed by atoms with Crippen molar-refractivity contribution in [1.29, 1.82) is 0 Å². The Labute approximate surface area is 166 Å². The van der Waals surface area contributed by atoms with Gasteiger partial charge in [0.1, 0.15) is 4.90 Å². The summed E-state index contributed by atoms with van der Waals surface area (Å²) in [5.41, 5.74) is 0.